The molecule has 0 aliphatic heterocycles. The summed E-state index contributed by atoms with van der Waals surface area (Å²) in [4.78, 5) is 12.0. The molecular weight excluding hydrogens is 438 g/mol. The van der Waals surface area contributed by atoms with Gasteiger partial charge in [0.2, 0.25) is 16.0 Å². The quantitative estimate of drug-likeness (QED) is 0.328. The fourth-order valence-corrected chi connectivity index (χ4v) is 4.64. The van der Waals surface area contributed by atoms with Crippen molar-refractivity contribution in [2.24, 2.45) is 10.7 Å². The molecular formula is C20H28ClN7O2S. The zero-order valence-corrected chi connectivity index (χ0v) is 19.6. The molecule has 0 saturated heterocycles. The third-order valence-electron chi connectivity index (χ3n) is 4.59. The Kier molecular flexibility index (Phi) is 8.37. The molecule has 0 fully saturated rings. The van der Waals surface area contributed by atoms with Gasteiger partial charge in [0.15, 0.2) is 0 Å². The number of sulfonamides is 1. The van der Waals surface area contributed by atoms with Gasteiger partial charge >= 0.3 is 0 Å². The summed E-state index contributed by atoms with van der Waals surface area (Å²) in [6.45, 7) is 6.15. The van der Waals surface area contributed by atoms with E-state index in [-0.39, 0.29) is 28.3 Å². The normalized spacial score (nSPS) is 13.1. The maximum Gasteiger partial charge on any atom is 0.245 e. The molecule has 11 heteroatoms. The minimum Gasteiger partial charge on any atom is -0.401 e. The van der Waals surface area contributed by atoms with E-state index in [1.165, 1.54) is 14.0 Å². The number of benzene rings is 1. The van der Waals surface area contributed by atoms with Gasteiger partial charge in [-0.2, -0.15) is 4.98 Å². The topological polar surface area (TPSA) is 148 Å². The van der Waals surface area contributed by atoms with Crippen LogP contribution in [0.3, 0.4) is 0 Å². The lowest BCUT2D eigenvalue weighted by Crippen LogP contribution is -2.30. The van der Waals surface area contributed by atoms with E-state index in [1.807, 2.05) is 38.1 Å². The predicted octanol–water partition coefficient (Wildman–Crippen LogP) is 2.52. The third kappa shape index (κ3) is 6.39. The number of nitrogen functional groups attached to an aromatic ring is 1. The SMILES string of the molecule is CN=C(Cl)C(=C(C)N)S(=O)(=O)NCCCNc1cc(-c2cccc(C)c2C)nc(N)n1. The van der Waals surface area contributed by atoms with Gasteiger partial charge in [0.1, 0.15) is 15.9 Å². The summed E-state index contributed by atoms with van der Waals surface area (Å²) in [5.74, 6) is 0.717. The van der Waals surface area contributed by atoms with Gasteiger partial charge < -0.3 is 16.8 Å². The van der Waals surface area contributed by atoms with Crippen molar-refractivity contribution in [1.82, 2.24) is 14.7 Å². The average molecular weight is 466 g/mol. The number of anilines is 2. The maximum absolute atomic E-state index is 12.4. The molecule has 0 saturated carbocycles. The van der Waals surface area contributed by atoms with E-state index < -0.39 is 10.0 Å². The molecule has 9 nitrogen and oxygen atoms in total. The highest BCUT2D eigenvalue weighted by Crippen LogP contribution is 2.26. The van der Waals surface area contributed by atoms with Crippen molar-refractivity contribution in [2.45, 2.75) is 27.2 Å². The van der Waals surface area contributed by atoms with Crippen molar-refractivity contribution in [1.29, 1.82) is 0 Å². The molecule has 0 aliphatic carbocycles. The molecule has 2 aromatic rings. The van der Waals surface area contributed by atoms with Crippen LogP contribution in [0.2, 0.25) is 0 Å². The number of halogens is 1. The number of rotatable bonds is 9. The monoisotopic (exact) mass is 465 g/mol. The van der Waals surface area contributed by atoms with Gasteiger partial charge in [0.25, 0.3) is 0 Å². The van der Waals surface area contributed by atoms with Crippen molar-refractivity contribution >= 4 is 38.6 Å². The largest absolute Gasteiger partial charge is 0.401 e. The zero-order chi connectivity index (χ0) is 23.2. The van der Waals surface area contributed by atoms with E-state index in [0.29, 0.717) is 18.8 Å². The lowest BCUT2D eigenvalue weighted by atomic mass is 10.0. The van der Waals surface area contributed by atoms with Crippen LogP contribution in [0.25, 0.3) is 11.3 Å². The fourth-order valence-electron chi connectivity index (χ4n) is 2.89. The third-order valence-corrected chi connectivity index (χ3v) is 6.69. The van der Waals surface area contributed by atoms with E-state index in [9.17, 15) is 8.42 Å². The number of nitrogens with one attached hydrogen (secondary N) is 2. The molecule has 31 heavy (non-hydrogen) atoms. The summed E-state index contributed by atoms with van der Waals surface area (Å²) < 4.78 is 27.4. The van der Waals surface area contributed by atoms with Crippen molar-refractivity contribution < 1.29 is 8.42 Å². The molecule has 2 rings (SSSR count). The van der Waals surface area contributed by atoms with Gasteiger partial charge in [-0.3, -0.25) is 4.99 Å². The predicted molar refractivity (Wildman–Crippen MR) is 127 cm³/mol. The first kappa shape index (κ1) is 24.6. The Hall–Kier alpha value is -2.69. The smallest absolute Gasteiger partial charge is 0.245 e. The first-order valence-electron chi connectivity index (χ1n) is 9.60. The number of nitrogens with two attached hydrogens (primary N) is 2. The van der Waals surface area contributed by atoms with Crippen LogP contribution in [-0.2, 0) is 10.0 Å². The first-order chi connectivity index (χ1) is 14.6. The van der Waals surface area contributed by atoms with Crippen LogP contribution in [-0.4, -0.2) is 43.7 Å². The van der Waals surface area contributed by atoms with E-state index >= 15 is 0 Å². The number of hydrogen-bond acceptors (Lipinski definition) is 8. The van der Waals surface area contributed by atoms with Gasteiger partial charge in [-0.25, -0.2) is 18.1 Å². The second-order valence-corrected chi connectivity index (χ2v) is 9.01. The Morgan fingerprint density at radius 1 is 1.23 bits per heavy atom. The maximum atomic E-state index is 12.4. The van der Waals surface area contributed by atoms with E-state index in [0.717, 1.165) is 22.4 Å². The van der Waals surface area contributed by atoms with Crippen molar-refractivity contribution in [2.75, 3.05) is 31.2 Å². The molecule has 1 heterocycles. The lowest BCUT2D eigenvalue weighted by Gasteiger charge is -2.12. The molecule has 0 atom stereocenters. The highest BCUT2D eigenvalue weighted by atomic mass is 35.5. The Balaban J connectivity index is 2.02. The summed E-state index contributed by atoms with van der Waals surface area (Å²) in [6, 6.07) is 7.81. The summed E-state index contributed by atoms with van der Waals surface area (Å²) in [6.07, 6.45) is 0.486. The lowest BCUT2D eigenvalue weighted by molar-refractivity contribution is 0.587. The van der Waals surface area contributed by atoms with Gasteiger partial charge in [-0.15, -0.1) is 0 Å². The van der Waals surface area contributed by atoms with E-state index in [2.05, 4.69) is 25.0 Å². The van der Waals surface area contributed by atoms with E-state index in [4.69, 9.17) is 23.1 Å². The van der Waals surface area contributed by atoms with Gasteiger partial charge in [0.05, 0.1) is 5.69 Å². The highest BCUT2D eigenvalue weighted by molar-refractivity contribution is 7.94. The molecule has 6 N–H and O–H groups in total. The molecule has 0 amide bonds. The zero-order valence-electron chi connectivity index (χ0n) is 18.0. The minimum absolute atomic E-state index is 0.0663. The van der Waals surface area contributed by atoms with Crippen molar-refractivity contribution in [3.05, 3.63) is 46.0 Å². The van der Waals surface area contributed by atoms with Crippen molar-refractivity contribution in [3.63, 3.8) is 0 Å². The van der Waals surface area contributed by atoms with E-state index in [1.54, 1.807) is 0 Å². The van der Waals surface area contributed by atoms with Gasteiger partial charge in [-0.1, -0.05) is 29.8 Å². The minimum atomic E-state index is -3.87. The standard InChI is InChI=1S/C20H28ClN7O2S/c1-12-7-5-8-15(13(12)2)16-11-17(28-20(23)27-16)25-9-6-10-26-31(29,30)18(14(3)22)19(21)24-4/h5,7-8,11,26H,6,9-10,22H2,1-4H3,(H3,23,25,27,28). The summed E-state index contributed by atoms with van der Waals surface area (Å²) in [7, 11) is -2.47. The average Bonchev–Trinajstić information content (AvgIpc) is 2.68. The van der Waals surface area contributed by atoms with Crippen LogP contribution in [0.5, 0.6) is 0 Å². The Labute approximate surface area is 188 Å². The van der Waals surface area contributed by atoms with Crippen LogP contribution >= 0.6 is 11.6 Å². The number of hydrogen-bond donors (Lipinski definition) is 4. The molecule has 1 aromatic carbocycles. The fraction of sp³-hybridized carbons (Fsp3) is 0.350. The van der Waals surface area contributed by atoms with Crippen LogP contribution in [0.15, 0.2) is 39.9 Å². The summed E-state index contributed by atoms with van der Waals surface area (Å²) >= 11 is 5.89. The van der Waals surface area contributed by atoms with Gasteiger partial charge in [0, 0.05) is 37.5 Å². The van der Waals surface area contributed by atoms with Crippen LogP contribution in [0.1, 0.15) is 24.5 Å². The molecule has 0 aliphatic rings. The molecule has 0 unspecified atom stereocenters. The van der Waals surface area contributed by atoms with Crippen molar-refractivity contribution in [3.8, 4) is 11.3 Å². The highest BCUT2D eigenvalue weighted by Gasteiger charge is 2.23. The molecule has 0 spiro atoms. The second-order valence-electron chi connectivity index (χ2n) is 6.95. The van der Waals surface area contributed by atoms with Gasteiger partial charge in [-0.05, 0) is 38.3 Å². The second kappa shape index (κ2) is 10.6. The Morgan fingerprint density at radius 3 is 2.58 bits per heavy atom. The number of aromatic nitrogens is 2. The summed E-state index contributed by atoms with van der Waals surface area (Å²) in [5, 5.41) is 2.98. The number of aryl methyl sites for hydroxylation is 1. The number of allylic oxidation sites excluding steroid dienone is 2. The Bertz CT molecular complexity index is 1110. The molecule has 0 bridgehead atoms. The first-order valence-corrected chi connectivity index (χ1v) is 11.5. The molecule has 0 radical (unpaired) electrons. The number of aliphatic imine (C=N–C) groups is 1. The number of nitrogens with zero attached hydrogens (tertiary/aromatic N) is 3. The Morgan fingerprint density at radius 2 is 1.94 bits per heavy atom. The molecule has 168 valence electrons. The summed E-state index contributed by atoms with van der Waals surface area (Å²) in [5.41, 5.74) is 15.6. The van der Waals surface area contributed by atoms with Crippen LogP contribution in [0, 0.1) is 13.8 Å². The van der Waals surface area contributed by atoms with Crippen LogP contribution < -0.4 is 21.5 Å². The molecule has 1 aromatic heterocycles. The van der Waals surface area contributed by atoms with Crippen LogP contribution in [0.4, 0.5) is 11.8 Å².